The zero-order valence-electron chi connectivity index (χ0n) is 15.0. The standard InChI is InChI=1S/C19H21NO6/c1-22-16-9-13(10-17(23-2)19(16)24-3)20-18(21)7-5-12-4-6-14-15(8-12)26-11-25-14/h4,6,8-10H,5,7,11H2,1-3H3,(H,20,21). The molecule has 0 atom stereocenters. The van der Waals surface area contributed by atoms with E-state index in [0.29, 0.717) is 41.5 Å². The van der Waals surface area contributed by atoms with Crippen LogP contribution in [0.5, 0.6) is 28.7 Å². The number of methoxy groups -OCH3 is 3. The third-order valence-corrected chi connectivity index (χ3v) is 4.03. The highest BCUT2D eigenvalue weighted by molar-refractivity contribution is 5.91. The first kappa shape index (κ1) is 17.7. The van der Waals surface area contributed by atoms with Crippen LogP contribution in [0.15, 0.2) is 30.3 Å². The third kappa shape index (κ3) is 3.77. The second-order valence-corrected chi connectivity index (χ2v) is 5.65. The lowest BCUT2D eigenvalue weighted by molar-refractivity contribution is -0.116. The molecule has 3 rings (SSSR count). The molecule has 2 aromatic rings. The number of benzene rings is 2. The summed E-state index contributed by atoms with van der Waals surface area (Å²) in [6, 6.07) is 9.07. The minimum absolute atomic E-state index is 0.114. The van der Waals surface area contributed by atoms with Gasteiger partial charge in [0, 0.05) is 24.2 Å². The number of ether oxygens (including phenoxy) is 5. The molecule has 0 radical (unpaired) electrons. The molecule has 26 heavy (non-hydrogen) atoms. The van der Waals surface area contributed by atoms with Gasteiger partial charge in [0.05, 0.1) is 21.3 Å². The fourth-order valence-electron chi connectivity index (χ4n) is 2.73. The Morgan fingerprint density at radius 3 is 2.35 bits per heavy atom. The molecule has 7 nitrogen and oxygen atoms in total. The van der Waals surface area contributed by atoms with Crippen molar-refractivity contribution in [2.75, 3.05) is 33.4 Å². The van der Waals surface area contributed by atoms with Crippen molar-refractivity contribution < 1.29 is 28.5 Å². The van der Waals surface area contributed by atoms with E-state index >= 15 is 0 Å². The number of hydrogen-bond acceptors (Lipinski definition) is 6. The Kier molecular flexibility index (Phi) is 5.36. The van der Waals surface area contributed by atoms with Gasteiger partial charge in [0.25, 0.3) is 0 Å². The number of nitrogens with one attached hydrogen (secondary N) is 1. The lowest BCUT2D eigenvalue weighted by Gasteiger charge is -2.14. The van der Waals surface area contributed by atoms with Crippen LogP contribution >= 0.6 is 0 Å². The van der Waals surface area contributed by atoms with Gasteiger partial charge in [-0.25, -0.2) is 0 Å². The molecule has 1 N–H and O–H groups in total. The van der Waals surface area contributed by atoms with Gasteiger partial charge in [-0.3, -0.25) is 4.79 Å². The van der Waals surface area contributed by atoms with Crippen LogP contribution < -0.4 is 29.0 Å². The minimum atomic E-state index is -0.114. The summed E-state index contributed by atoms with van der Waals surface area (Å²) >= 11 is 0. The molecule has 2 aromatic carbocycles. The summed E-state index contributed by atoms with van der Waals surface area (Å²) in [5.41, 5.74) is 1.59. The second kappa shape index (κ2) is 7.86. The van der Waals surface area contributed by atoms with Crippen molar-refractivity contribution in [3.8, 4) is 28.7 Å². The zero-order valence-corrected chi connectivity index (χ0v) is 15.0. The lowest BCUT2D eigenvalue weighted by atomic mass is 10.1. The Morgan fingerprint density at radius 2 is 1.69 bits per heavy atom. The van der Waals surface area contributed by atoms with E-state index in [1.807, 2.05) is 18.2 Å². The predicted octanol–water partition coefficient (Wildman–Crippen LogP) is 3.01. The van der Waals surface area contributed by atoms with E-state index in [4.69, 9.17) is 23.7 Å². The Balaban J connectivity index is 1.64. The highest BCUT2D eigenvalue weighted by atomic mass is 16.7. The van der Waals surface area contributed by atoms with Gasteiger partial charge < -0.3 is 29.0 Å². The van der Waals surface area contributed by atoms with Crippen molar-refractivity contribution in [3.05, 3.63) is 35.9 Å². The topological polar surface area (TPSA) is 75.3 Å². The lowest BCUT2D eigenvalue weighted by Crippen LogP contribution is -2.12. The van der Waals surface area contributed by atoms with Gasteiger partial charge in [0.15, 0.2) is 23.0 Å². The maximum Gasteiger partial charge on any atom is 0.231 e. The number of anilines is 1. The number of carbonyl (C=O) groups excluding carboxylic acids is 1. The minimum Gasteiger partial charge on any atom is -0.493 e. The fraction of sp³-hybridized carbons (Fsp3) is 0.316. The Morgan fingerprint density at radius 1 is 1.00 bits per heavy atom. The van der Waals surface area contributed by atoms with E-state index in [1.54, 1.807) is 12.1 Å². The van der Waals surface area contributed by atoms with E-state index in [9.17, 15) is 4.79 Å². The summed E-state index contributed by atoms with van der Waals surface area (Å²) in [5, 5.41) is 2.85. The van der Waals surface area contributed by atoms with E-state index in [1.165, 1.54) is 21.3 Å². The average molecular weight is 359 g/mol. The molecule has 7 heteroatoms. The third-order valence-electron chi connectivity index (χ3n) is 4.03. The highest BCUT2D eigenvalue weighted by Crippen LogP contribution is 2.40. The number of amides is 1. The first-order chi connectivity index (χ1) is 12.6. The quantitative estimate of drug-likeness (QED) is 0.819. The molecule has 1 aliphatic rings. The normalized spacial score (nSPS) is 11.8. The van der Waals surface area contributed by atoms with Crippen molar-refractivity contribution in [1.82, 2.24) is 0 Å². The Hall–Kier alpha value is -3.09. The summed E-state index contributed by atoms with van der Waals surface area (Å²) in [6.07, 6.45) is 0.920. The van der Waals surface area contributed by atoms with Crippen LogP contribution in [0.2, 0.25) is 0 Å². The molecule has 0 aliphatic carbocycles. The van der Waals surface area contributed by atoms with E-state index in [0.717, 1.165) is 11.3 Å². The molecule has 1 aliphatic heterocycles. The molecule has 1 heterocycles. The van der Waals surface area contributed by atoms with E-state index in [2.05, 4.69) is 5.32 Å². The first-order valence-corrected chi connectivity index (χ1v) is 8.13. The van der Waals surface area contributed by atoms with Crippen LogP contribution in [0.3, 0.4) is 0 Å². The van der Waals surface area contributed by atoms with Crippen molar-refractivity contribution in [1.29, 1.82) is 0 Å². The molecule has 0 fully saturated rings. The Bertz CT molecular complexity index is 780. The van der Waals surface area contributed by atoms with Gasteiger partial charge >= 0.3 is 0 Å². The summed E-state index contributed by atoms with van der Waals surface area (Å²) in [7, 11) is 4.59. The molecule has 0 spiro atoms. The summed E-state index contributed by atoms with van der Waals surface area (Å²) in [5.74, 6) is 2.78. The molecule has 0 saturated carbocycles. The summed E-state index contributed by atoms with van der Waals surface area (Å²) in [6.45, 7) is 0.237. The van der Waals surface area contributed by atoms with Gasteiger partial charge in [0.1, 0.15) is 0 Å². The van der Waals surface area contributed by atoms with Gasteiger partial charge in [-0.1, -0.05) is 6.07 Å². The smallest absolute Gasteiger partial charge is 0.231 e. The molecule has 138 valence electrons. The molecule has 1 amide bonds. The largest absolute Gasteiger partial charge is 0.493 e. The van der Waals surface area contributed by atoms with Crippen molar-refractivity contribution in [3.63, 3.8) is 0 Å². The number of aryl methyl sites for hydroxylation is 1. The van der Waals surface area contributed by atoms with Crippen LogP contribution in [0.1, 0.15) is 12.0 Å². The summed E-state index contributed by atoms with van der Waals surface area (Å²) < 4.78 is 26.5. The average Bonchev–Trinajstić information content (AvgIpc) is 3.13. The van der Waals surface area contributed by atoms with Crippen LogP contribution in [0.4, 0.5) is 5.69 Å². The highest BCUT2D eigenvalue weighted by Gasteiger charge is 2.16. The van der Waals surface area contributed by atoms with E-state index in [-0.39, 0.29) is 12.7 Å². The van der Waals surface area contributed by atoms with Crippen LogP contribution in [-0.4, -0.2) is 34.0 Å². The van der Waals surface area contributed by atoms with Crippen molar-refractivity contribution >= 4 is 11.6 Å². The monoisotopic (exact) mass is 359 g/mol. The van der Waals surface area contributed by atoms with Crippen molar-refractivity contribution in [2.45, 2.75) is 12.8 Å². The number of fused-ring (bicyclic) bond motifs is 1. The van der Waals surface area contributed by atoms with Gasteiger partial charge in [0.2, 0.25) is 18.4 Å². The SMILES string of the molecule is COc1cc(NC(=O)CCc2ccc3c(c2)OCO3)cc(OC)c1OC. The van der Waals surface area contributed by atoms with Gasteiger partial charge in [-0.05, 0) is 24.1 Å². The van der Waals surface area contributed by atoms with Crippen molar-refractivity contribution in [2.24, 2.45) is 0 Å². The molecule has 0 bridgehead atoms. The molecular formula is C19H21NO6. The van der Waals surface area contributed by atoms with Crippen LogP contribution in [0, 0.1) is 0 Å². The molecular weight excluding hydrogens is 338 g/mol. The Labute approximate surface area is 151 Å². The van der Waals surface area contributed by atoms with Crippen LogP contribution in [0.25, 0.3) is 0 Å². The molecule has 0 unspecified atom stereocenters. The number of carbonyl (C=O) groups is 1. The maximum absolute atomic E-state index is 12.3. The fourth-order valence-corrected chi connectivity index (χ4v) is 2.73. The van der Waals surface area contributed by atoms with E-state index < -0.39 is 0 Å². The second-order valence-electron chi connectivity index (χ2n) is 5.65. The number of hydrogen-bond donors (Lipinski definition) is 1. The first-order valence-electron chi connectivity index (χ1n) is 8.13. The summed E-state index contributed by atoms with van der Waals surface area (Å²) in [4.78, 5) is 12.3. The van der Waals surface area contributed by atoms with Crippen LogP contribution in [-0.2, 0) is 11.2 Å². The zero-order chi connectivity index (χ0) is 18.5. The number of rotatable bonds is 7. The van der Waals surface area contributed by atoms with Gasteiger partial charge in [-0.2, -0.15) is 0 Å². The predicted molar refractivity (Wildman–Crippen MR) is 95.6 cm³/mol. The maximum atomic E-state index is 12.3. The van der Waals surface area contributed by atoms with Gasteiger partial charge in [-0.15, -0.1) is 0 Å². The molecule has 0 saturated heterocycles. The molecule has 0 aromatic heterocycles.